The molecule has 1 aromatic heterocycles. The SMILES string of the molecule is O=C(NCc1cc2ccccc2[nH]1)c1ccccc1Oc1ccccc1. The summed E-state index contributed by atoms with van der Waals surface area (Å²) in [5.41, 5.74) is 2.53. The van der Waals surface area contributed by atoms with Gasteiger partial charge in [-0.05, 0) is 41.8 Å². The lowest BCUT2D eigenvalue weighted by Gasteiger charge is -2.11. The zero-order chi connectivity index (χ0) is 17.8. The first-order valence-corrected chi connectivity index (χ1v) is 8.46. The maximum atomic E-state index is 12.6. The summed E-state index contributed by atoms with van der Waals surface area (Å²) in [6, 6.07) is 26.8. The Morgan fingerprint density at radius 2 is 1.62 bits per heavy atom. The second-order valence-corrected chi connectivity index (χ2v) is 5.98. The smallest absolute Gasteiger partial charge is 0.255 e. The lowest BCUT2D eigenvalue weighted by molar-refractivity contribution is 0.0948. The van der Waals surface area contributed by atoms with Crippen LogP contribution in [0.5, 0.6) is 11.5 Å². The number of ether oxygens (including phenoxy) is 1. The van der Waals surface area contributed by atoms with Crippen LogP contribution in [-0.4, -0.2) is 10.9 Å². The molecule has 0 aliphatic rings. The van der Waals surface area contributed by atoms with Gasteiger partial charge in [-0.25, -0.2) is 0 Å². The van der Waals surface area contributed by atoms with Crippen molar-refractivity contribution in [2.45, 2.75) is 6.54 Å². The van der Waals surface area contributed by atoms with Crippen molar-refractivity contribution in [2.24, 2.45) is 0 Å². The summed E-state index contributed by atoms with van der Waals surface area (Å²) in [7, 11) is 0. The molecule has 4 heteroatoms. The van der Waals surface area contributed by atoms with Gasteiger partial charge >= 0.3 is 0 Å². The Bertz CT molecular complexity index is 1010. The number of fused-ring (bicyclic) bond motifs is 1. The molecule has 0 aliphatic heterocycles. The number of carbonyl (C=O) groups is 1. The Labute approximate surface area is 151 Å². The largest absolute Gasteiger partial charge is 0.457 e. The maximum Gasteiger partial charge on any atom is 0.255 e. The lowest BCUT2D eigenvalue weighted by Crippen LogP contribution is -2.23. The van der Waals surface area contributed by atoms with E-state index in [2.05, 4.69) is 10.3 Å². The third-order valence-corrected chi connectivity index (χ3v) is 4.13. The predicted molar refractivity (Wildman–Crippen MR) is 102 cm³/mol. The molecule has 0 radical (unpaired) electrons. The molecule has 1 heterocycles. The molecular formula is C22H18N2O2. The molecule has 3 aromatic carbocycles. The first-order valence-electron chi connectivity index (χ1n) is 8.46. The normalized spacial score (nSPS) is 10.6. The van der Waals surface area contributed by atoms with Gasteiger partial charge in [0.2, 0.25) is 0 Å². The molecular weight excluding hydrogens is 324 g/mol. The van der Waals surface area contributed by atoms with Crippen LogP contribution < -0.4 is 10.1 Å². The van der Waals surface area contributed by atoms with E-state index in [9.17, 15) is 4.79 Å². The fourth-order valence-electron chi connectivity index (χ4n) is 2.86. The van der Waals surface area contributed by atoms with Gasteiger partial charge in [0.25, 0.3) is 5.91 Å². The molecule has 4 rings (SSSR count). The highest BCUT2D eigenvalue weighted by Crippen LogP contribution is 2.25. The van der Waals surface area contributed by atoms with Gasteiger partial charge in [-0.15, -0.1) is 0 Å². The average molecular weight is 342 g/mol. The van der Waals surface area contributed by atoms with Crippen molar-refractivity contribution in [1.29, 1.82) is 0 Å². The molecule has 0 aliphatic carbocycles. The predicted octanol–water partition coefficient (Wildman–Crippen LogP) is 4.89. The monoisotopic (exact) mass is 342 g/mol. The second kappa shape index (κ2) is 7.15. The van der Waals surface area contributed by atoms with E-state index in [-0.39, 0.29) is 5.91 Å². The topological polar surface area (TPSA) is 54.1 Å². The number of hydrogen-bond donors (Lipinski definition) is 2. The lowest BCUT2D eigenvalue weighted by atomic mass is 10.2. The van der Waals surface area contributed by atoms with Gasteiger partial charge in [0, 0.05) is 11.2 Å². The van der Waals surface area contributed by atoms with Crippen molar-refractivity contribution in [2.75, 3.05) is 0 Å². The molecule has 0 unspecified atom stereocenters. The number of para-hydroxylation sites is 3. The van der Waals surface area contributed by atoms with E-state index in [0.29, 0.717) is 23.6 Å². The molecule has 128 valence electrons. The summed E-state index contributed by atoms with van der Waals surface area (Å²) in [6.07, 6.45) is 0. The van der Waals surface area contributed by atoms with Crippen LogP contribution in [0.4, 0.5) is 0 Å². The van der Waals surface area contributed by atoms with Gasteiger partial charge in [0.15, 0.2) is 0 Å². The van der Waals surface area contributed by atoms with Crippen LogP contribution in [-0.2, 0) is 6.54 Å². The van der Waals surface area contributed by atoms with Crippen molar-refractivity contribution >= 4 is 16.8 Å². The van der Waals surface area contributed by atoms with Gasteiger partial charge < -0.3 is 15.0 Å². The number of H-pyrrole nitrogens is 1. The summed E-state index contributed by atoms with van der Waals surface area (Å²) in [5.74, 6) is 1.06. The quantitative estimate of drug-likeness (QED) is 0.542. The number of rotatable bonds is 5. The minimum atomic E-state index is -0.171. The number of amides is 1. The summed E-state index contributed by atoms with van der Waals surface area (Å²) in [6.45, 7) is 0.424. The van der Waals surface area contributed by atoms with Gasteiger partial charge in [0.05, 0.1) is 12.1 Å². The molecule has 0 bridgehead atoms. The molecule has 26 heavy (non-hydrogen) atoms. The molecule has 4 aromatic rings. The third-order valence-electron chi connectivity index (χ3n) is 4.13. The molecule has 0 spiro atoms. The Balaban J connectivity index is 1.49. The number of hydrogen-bond acceptors (Lipinski definition) is 2. The fraction of sp³-hybridized carbons (Fsp3) is 0.0455. The van der Waals surface area contributed by atoms with Crippen molar-refractivity contribution < 1.29 is 9.53 Å². The van der Waals surface area contributed by atoms with Gasteiger partial charge in [-0.2, -0.15) is 0 Å². The third kappa shape index (κ3) is 3.44. The Morgan fingerprint density at radius 1 is 0.885 bits per heavy atom. The van der Waals surface area contributed by atoms with E-state index < -0.39 is 0 Å². The molecule has 1 amide bonds. The summed E-state index contributed by atoms with van der Waals surface area (Å²) < 4.78 is 5.86. The molecule has 4 nitrogen and oxygen atoms in total. The van der Waals surface area contributed by atoms with Crippen LogP contribution in [0, 0.1) is 0 Å². The van der Waals surface area contributed by atoms with Crippen molar-refractivity contribution in [1.82, 2.24) is 10.3 Å². The van der Waals surface area contributed by atoms with E-state index in [1.807, 2.05) is 72.8 Å². The maximum absolute atomic E-state index is 12.6. The number of benzene rings is 3. The second-order valence-electron chi connectivity index (χ2n) is 5.98. The zero-order valence-electron chi connectivity index (χ0n) is 14.1. The summed E-state index contributed by atoms with van der Waals surface area (Å²) in [5, 5.41) is 4.08. The standard InChI is InChI=1S/C22H18N2O2/c25-22(23-15-17-14-16-8-4-6-12-20(16)24-17)19-11-5-7-13-21(19)26-18-9-2-1-3-10-18/h1-14,24H,15H2,(H,23,25). The molecule has 2 N–H and O–H groups in total. The van der Waals surface area contributed by atoms with E-state index in [0.717, 1.165) is 16.6 Å². The minimum Gasteiger partial charge on any atom is -0.457 e. The number of carbonyl (C=O) groups excluding carboxylic acids is 1. The van der Waals surface area contributed by atoms with Gasteiger partial charge in [-0.3, -0.25) is 4.79 Å². The molecule has 0 saturated heterocycles. The molecule has 0 atom stereocenters. The summed E-state index contributed by atoms with van der Waals surface area (Å²) in [4.78, 5) is 16.0. The van der Waals surface area contributed by atoms with Crippen LogP contribution in [0.3, 0.4) is 0 Å². The number of aromatic amines is 1. The average Bonchev–Trinajstić information content (AvgIpc) is 3.10. The van der Waals surface area contributed by atoms with Crippen LogP contribution in [0.2, 0.25) is 0 Å². The Morgan fingerprint density at radius 3 is 2.46 bits per heavy atom. The van der Waals surface area contributed by atoms with E-state index in [1.54, 1.807) is 12.1 Å². The van der Waals surface area contributed by atoms with E-state index in [4.69, 9.17) is 4.74 Å². The first-order chi connectivity index (χ1) is 12.8. The van der Waals surface area contributed by atoms with Crippen LogP contribution in [0.25, 0.3) is 10.9 Å². The Hall–Kier alpha value is -3.53. The van der Waals surface area contributed by atoms with Crippen molar-refractivity contribution in [3.05, 3.63) is 96.2 Å². The van der Waals surface area contributed by atoms with Crippen LogP contribution >= 0.6 is 0 Å². The van der Waals surface area contributed by atoms with Crippen LogP contribution in [0.1, 0.15) is 16.1 Å². The van der Waals surface area contributed by atoms with Crippen LogP contribution in [0.15, 0.2) is 84.9 Å². The highest BCUT2D eigenvalue weighted by Gasteiger charge is 2.13. The van der Waals surface area contributed by atoms with Gasteiger partial charge in [-0.1, -0.05) is 48.5 Å². The number of aromatic nitrogens is 1. The van der Waals surface area contributed by atoms with Gasteiger partial charge in [0.1, 0.15) is 11.5 Å². The molecule has 0 fully saturated rings. The highest BCUT2D eigenvalue weighted by atomic mass is 16.5. The highest BCUT2D eigenvalue weighted by molar-refractivity contribution is 5.97. The Kier molecular flexibility index (Phi) is 4.39. The molecule has 0 saturated carbocycles. The minimum absolute atomic E-state index is 0.171. The summed E-state index contributed by atoms with van der Waals surface area (Å²) >= 11 is 0. The van der Waals surface area contributed by atoms with E-state index >= 15 is 0 Å². The number of nitrogens with one attached hydrogen (secondary N) is 2. The van der Waals surface area contributed by atoms with E-state index in [1.165, 1.54) is 0 Å². The van der Waals surface area contributed by atoms with Crippen molar-refractivity contribution in [3.63, 3.8) is 0 Å². The van der Waals surface area contributed by atoms with Crippen molar-refractivity contribution in [3.8, 4) is 11.5 Å². The fourth-order valence-corrected chi connectivity index (χ4v) is 2.86. The first kappa shape index (κ1) is 16.0. The zero-order valence-corrected chi connectivity index (χ0v) is 14.1.